The van der Waals surface area contributed by atoms with Gasteiger partial charge in [-0.1, -0.05) is 0 Å². The highest BCUT2D eigenvalue weighted by atomic mass is 32.1. The molecule has 1 saturated heterocycles. The van der Waals surface area contributed by atoms with Gasteiger partial charge in [-0.3, -0.25) is 4.79 Å². The second kappa shape index (κ2) is 4.51. The number of carbonyl (C=O) groups is 1. The van der Waals surface area contributed by atoms with E-state index in [-0.39, 0.29) is 18.1 Å². The predicted octanol–water partition coefficient (Wildman–Crippen LogP) is 1.70. The fraction of sp³-hybridized carbons (Fsp3) is 0.636. The fourth-order valence-electron chi connectivity index (χ4n) is 1.82. The smallest absolute Gasteiger partial charge is 0.266 e. The zero-order valence-corrected chi connectivity index (χ0v) is 10.6. The summed E-state index contributed by atoms with van der Waals surface area (Å²) in [4.78, 5) is 19.0. The van der Waals surface area contributed by atoms with E-state index in [1.54, 1.807) is 5.51 Å². The third-order valence-electron chi connectivity index (χ3n) is 2.81. The van der Waals surface area contributed by atoms with Crippen molar-refractivity contribution in [3.63, 3.8) is 0 Å². The van der Waals surface area contributed by atoms with Crippen molar-refractivity contribution < 1.29 is 9.53 Å². The molecule has 1 aliphatic rings. The highest BCUT2D eigenvalue weighted by Crippen LogP contribution is 2.19. The Balaban J connectivity index is 2.18. The molecule has 2 atom stereocenters. The number of nitrogens with zero attached hydrogens (tertiary/aromatic N) is 2. The first-order valence-electron chi connectivity index (χ1n) is 5.42. The molecule has 0 bridgehead atoms. The van der Waals surface area contributed by atoms with E-state index in [2.05, 4.69) is 4.98 Å². The second-order valence-electron chi connectivity index (χ2n) is 4.22. The monoisotopic (exact) mass is 240 g/mol. The van der Waals surface area contributed by atoms with Crippen LogP contribution in [0.25, 0.3) is 0 Å². The van der Waals surface area contributed by atoms with E-state index in [0.717, 1.165) is 10.6 Å². The predicted molar refractivity (Wildman–Crippen MR) is 62.8 cm³/mol. The minimum Gasteiger partial charge on any atom is -0.375 e. The third-order valence-corrected chi connectivity index (χ3v) is 3.72. The van der Waals surface area contributed by atoms with Gasteiger partial charge in [0.05, 0.1) is 30.0 Å². The number of ether oxygens (including phenoxy) is 1. The summed E-state index contributed by atoms with van der Waals surface area (Å²) >= 11 is 1.41. The minimum atomic E-state index is 0.0858. The molecule has 4 nitrogen and oxygen atoms in total. The number of amides is 1. The summed E-state index contributed by atoms with van der Waals surface area (Å²) in [5.74, 6) is 0.0858. The van der Waals surface area contributed by atoms with E-state index < -0.39 is 0 Å². The van der Waals surface area contributed by atoms with Gasteiger partial charge in [0.2, 0.25) is 0 Å². The summed E-state index contributed by atoms with van der Waals surface area (Å²) in [6, 6.07) is 0.144. The number of hydrogen-bond donors (Lipinski definition) is 0. The number of aromatic nitrogens is 1. The van der Waals surface area contributed by atoms with Crippen LogP contribution in [0.1, 0.15) is 29.2 Å². The molecular formula is C11H16N2O2S. The van der Waals surface area contributed by atoms with Crippen molar-refractivity contribution in [2.24, 2.45) is 0 Å². The SMILES string of the molecule is Cc1ncsc1C(=O)N1C[C@H](C)OC[C@@H]1C. The van der Waals surface area contributed by atoms with E-state index in [1.807, 2.05) is 25.7 Å². The number of aryl methyl sites for hydroxylation is 1. The number of rotatable bonds is 1. The maximum Gasteiger partial charge on any atom is 0.266 e. The maximum atomic E-state index is 12.3. The van der Waals surface area contributed by atoms with Crippen molar-refractivity contribution >= 4 is 17.2 Å². The van der Waals surface area contributed by atoms with Gasteiger partial charge in [-0.15, -0.1) is 11.3 Å². The molecule has 16 heavy (non-hydrogen) atoms. The van der Waals surface area contributed by atoms with Crippen LogP contribution in [0.4, 0.5) is 0 Å². The van der Waals surface area contributed by atoms with E-state index in [0.29, 0.717) is 13.2 Å². The lowest BCUT2D eigenvalue weighted by Gasteiger charge is -2.36. The first kappa shape index (κ1) is 11.5. The summed E-state index contributed by atoms with van der Waals surface area (Å²) in [7, 11) is 0. The summed E-state index contributed by atoms with van der Waals surface area (Å²) in [6.07, 6.45) is 0.119. The van der Waals surface area contributed by atoms with Crippen molar-refractivity contribution in [1.82, 2.24) is 9.88 Å². The Bertz CT molecular complexity index is 391. The lowest BCUT2D eigenvalue weighted by atomic mass is 10.2. The normalized spacial score (nSPS) is 25.8. The van der Waals surface area contributed by atoms with Gasteiger partial charge in [0.15, 0.2) is 0 Å². The first-order chi connectivity index (χ1) is 7.59. The maximum absolute atomic E-state index is 12.3. The Morgan fingerprint density at radius 1 is 1.62 bits per heavy atom. The molecule has 0 aliphatic carbocycles. The van der Waals surface area contributed by atoms with Crippen LogP contribution in [0.5, 0.6) is 0 Å². The summed E-state index contributed by atoms with van der Waals surface area (Å²) < 4.78 is 5.51. The van der Waals surface area contributed by atoms with Gasteiger partial charge in [-0.25, -0.2) is 4.98 Å². The van der Waals surface area contributed by atoms with Gasteiger partial charge >= 0.3 is 0 Å². The van der Waals surface area contributed by atoms with Gasteiger partial charge in [0, 0.05) is 6.54 Å². The molecule has 1 fully saturated rings. The lowest BCUT2D eigenvalue weighted by molar-refractivity contribution is -0.0385. The molecule has 2 rings (SSSR count). The molecule has 1 aromatic heterocycles. The Labute approximate surface area is 99.2 Å². The minimum absolute atomic E-state index is 0.0858. The van der Waals surface area contributed by atoms with Gasteiger partial charge in [-0.2, -0.15) is 0 Å². The van der Waals surface area contributed by atoms with Gasteiger partial charge in [0.25, 0.3) is 5.91 Å². The average Bonchev–Trinajstić information content (AvgIpc) is 2.67. The van der Waals surface area contributed by atoms with Crippen LogP contribution < -0.4 is 0 Å². The number of morpholine rings is 1. The highest BCUT2D eigenvalue weighted by Gasteiger charge is 2.29. The Morgan fingerprint density at radius 3 is 3.00 bits per heavy atom. The molecule has 0 saturated carbocycles. The Kier molecular flexibility index (Phi) is 3.25. The second-order valence-corrected chi connectivity index (χ2v) is 5.07. The number of hydrogen-bond acceptors (Lipinski definition) is 4. The molecule has 0 spiro atoms. The van der Waals surface area contributed by atoms with Gasteiger partial charge < -0.3 is 9.64 Å². The molecular weight excluding hydrogens is 224 g/mol. The summed E-state index contributed by atoms with van der Waals surface area (Å²) in [6.45, 7) is 7.16. The average molecular weight is 240 g/mol. The van der Waals surface area contributed by atoms with E-state index >= 15 is 0 Å². The van der Waals surface area contributed by atoms with Crippen molar-refractivity contribution in [2.45, 2.75) is 32.9 Å². The topological polar surface area (TPSA) is 42.4 Å². The molecule has 1 aromatic rings. The zero-order chi connectivity index (χ0) is 11.7. The third kappa shape index (κ3) is 2.10. The van der Waals surface area contributed by atoms with Crippen LogP contribution in [0.15, 0.2) is 5.51 Å². The standard InChI is InChI=1S/C11H16N2O2S/c1-7-5-15-8(2)4-13(7)11(14)10-9(3)12-6-16-10/h6-8H,4-5H2,1-3H3/t7-,8-/m0/s1. The summed E-state index contributed by atoms with van der Waals surface area (Å²) in [5.41, 5.74) is 2.54. The van der Waals surface area contributed by atoms with E-state index in [9.17, 15) is 4.79 Å². The fourth-order valence-corrected chi connectivity index (χ4v) is 2.58. The van der Waals surface area contributed by atoms with Crippen molar-refractivity contribution in [3.8, 4) is 0 Å². The van der Waals surface area contributed by atoms with Crippen molar-refractivity contribution in [3.05, 3.63) is 16.1 Å². The molecule has 1 amide bonds. The molecule has 0 aromatic carbocycles. The van der Waals surface area contributed by atoms with Crippen molar-refractivity contribution in [1.29, 1.82) is 0 Å². The molecule has 5 heteroatoms. The van der Waals surface area contributed by atoms with E-state index in [4.69, 9.17) is 4.74 Å². The summed E-state index contributed by atoms with van der Waals surface area (Å²) in [5, 5.41) is 0. The molecule has 0 N–H and O–H groups in total. The largest absolute Gasteiger partial charge is 0.375 e. The molecule has 0 radical (unpaired) electrons. The Morgan fingerprint density at radius 2 is 2.38 bits per heavy atom. The van der Waals surface area contributed by atoms with Crippen molar-refractivity contribution in [2.75, 3.05) is 13.2 Å². The van der Waals surface area contributed by atoms with E-state index in [1.165, 1.54) is 11.3 Å². The van der Waals surface area contributed by atoms with Crippen LogP contribution in [0, 0.1) is 6.92 Å². The van der Waals surface area contributed by atoms with Crippen LogP contribution >= 0.6 is 11.3 Å². The zero-order valence-electron chi connectivity index (χ0n) is 9.77. The van der Waals surface area contributed by atoms with Gasteiger partial charge in [0.1, 0.15) is 4.88 Å². The lowest BCUT2D eigenvalue weighted by Crippen LogP contribution is -2.50. The van der Waals surface area contributed by atoms with Gasteiger partial charge in [-0.05, 0) is 20.8 Å². The quantitative estimate of drug-likeness (QED) is 0.750. The highest BCUT2D eigenvalue weighted by molar-refractivity contribution is 7.11. The molecule has 2 heterocycles. The Hall–Kier alpha value is -0.940. The first-order valence-corrected chi connectivity index (χ1v) is 6.30. The number of carbonyl (C=O) groups excluding carboxylic acids is 1. The van der Waals surface area contributed by atoms with Crippen LogP contribution in [-0.4, -0.2) is 41.1 Å². The molecule has 0 unspecified atom stereocenters. The van der Waals surface area contributed by atoms with Crippen LogP contribution in [0.2, 0.25) is 0 Å². The molecule has 1 aliphatic heterocycles. The van der Waals surface area contributed by atoms with Crippen LogP contribution in [-0.2, 0) is 4.74 Å². The molecule has 88 valence electrons. The van der Waals surface area contributed by atoms with Crippen LogP contribution in [0.3, 0.4) is 0 Å². The number of thiazole rings is 1.